The van der Waals surface area contributed by atoms with Crippen LogP contribution in [-0.4, -0.2) is 6.03 Å². The summed E-state index contributed by atoms with van der Waals surface area (Å²) in [5, 5.41) is 3.68. The first-order valence-electron chi connectivity index (χ1n) is 6.08. The Hall–Kier alpha value is -2.71. The molecule has 0 saturated carbocycles. The predicted molar refractivity (Wildman–Crippen MR) is 70.4 cm³/mol. The van der Waals surface area contributed by atoms with Crippen LogP contribution in [0.5, 0.6) is 0 Å². The van der Waals surface area contributed by atoms with Gasteiger partial charge in [0, 0.05) is 0 Å². The van der Waals surface area contributed by atoms with E-state index in [4.69, 9.17) is 0 Å². The first kappa shape index (κ1) is 16.7. The van der Waals surface area contributed by atoms with Gasteiger partial charge >= 0.3 is 12.2 Å². The molecule has 0 saturated heterocycles. The number of benzene rings is 2. The average Bonchev–Trinajstić information content (AvgIpc) is 2.47. The molecule has 23 heavy (non-hydrogen) atoms. The molecule has 2 aromatic rings. The number of halogens is 6. The van der Waals surface area contributed by atoms with Gasteiger partial charge in [-0.15, -0.1) is 0 Å². The number of alkyl halides is 3. The van der Waals surface area contributed by atoms with Gasteiger partial charge in [0.1, 0.15) is 0 Å². The molecule has 0 atom stereocenters. The maximum Gasteiger partial charge on any atom is 0.418 e. The predicted octanol–water partition coefficient (Wildman–Crippen LogP) is 4.77. The van der Waals surface area contributed by atoms with Crippen LogP contribution in [0.25, 0.3) is 0 Å². The number of anilines is 2. The van der Waals surface area contributed by atoms with Crippen molar-refractivity contribution in [2.75, 3.05) is 10.6 Å². The largest absolute Gasteiger partial charge is 0.418 e. The van der Waals surface area contributed by atoms with Gasteiger partial charge in [-0.05, 0) is 24.3 Å². The third-order valence-corrected chi connectivity index (χ3v) is 2.76. The quantitative estimate of drug-likeness (QED) is 0.603. The third kappa shape index (κ3) is 3.74. The fourth-order valence-electron chi connectivity index (χ4n) is 1.74. The van der Waals surface area contributed by atoms with Crippen LogP contribution >= 0.6 is 0 Å². The molecule has 2 rings (SSSR count). The van der Waals surface area contributed by atoms with E-state index >= 15 is 0 Å². The molecule has 0 spiro atoms. The Morgan fingerprint density at radius 1 is 0.826 bits per heavy atom. The van der Waals surface area contributed by atoms with Gasteiger partial charge in [0.15, 0.2) is 17.5 Å². The molecular weight excluding hydrogens is 326 g/mol. The van der Waals surface area contributed by atoms with Gasteiger partial charge < -0.3 is 10.6 Å². The lowest BCUT2D eigenvalue weighted by Gasteiger charge is -2.14. The Bertz CT molecular complexity index is 745. The van der Waals surface area contributed by atoms with E-state index in [0.717, 1.165) is 24.3 Å². The zero-order chi connectivity index (χ0) is 17.2. The number of carbonyl (C=O) groups is 1. The molecule has 2 amide bonds. The van der Waals surface area contributed by atoms with Crippen molar-refractivity contribution in [2.45, 2.75) is 6.18 Å². The highest BCUT2D eigenvalue weighted by Gasteiger charge is 2.33. The number of carbonyl (C=O) groups excluding carboxylic acids is 1. The van der Waals surface area contributed by atoms with Gasteiger partial charge in [0.05, 0.1) is 16.9 Å². The normalized spacial score (nSPS) is 11.2. The molecule has 2 N–H and O–H groups in total. The first-order chi connectivity index (χ1) is 10.7. The van der Waals surface area contributed by atoms with Gasteiger partial charge in [-0.1, -0.05) is 12.1 Å². The summed E-state index contributed by atoms with van der Waals surface area (Å²) in [5.74, 6) is -4.93. The SMILES string of the molecule is O=C(Nc1ccccc1C(F)(F)F)Nc1ccc(F)c(F)c1F. The molecule has 0 aliphatic carbocycles. The third-order valence-electron chi connectivity index (χ3n) is 2.76. The van der Waals surface area contributed by atoms with Crippen molar-refractivity contribution in [3.8, 4) is 0 Å². The summed E-state index contributed by atoms with van der Waals surface area (Å²) in [7, 11) is 0. The van der Waals surface area contributed by atoms with Crippen molar-refractivity contribution in [3.05, 3.63) is 59.4 Å². The molecular formula is C14H8F6N2O. The number of rotatable bonds is 2. The maximum atomic E-state index is 13.4. The van der Waals surface area contributed by atoms with Crippen LogP contribution < -0.4 is 10.6 Å². The summed E-state index contributed by atoms with van der Waals surface area (Å²) >= 11 is 0. The standard InChI is InChI=1S/C14H8F6N2O/c15-8-5-6-10(12(17)11(8)16)22-13(23)21-9-4-2-1-3-7(9)14(18,19)20/h1-6H,(H2,21,22,23). The van der Waals surface area contributed by atoms with E-state index in [0.29, 0.717) is 6.07 Å². The lowest BCUT2D eigenvalue weighted by molar-refractivity contribution is -0.136. The lowest BCUT2D eigenvalue weighted by Crippen LogP contribution is -2.22. The minimum atomic E-state index is -4.71. The zero-order valence-corrected chi connectivity index (χ0v) is 11.1. The van der Waals surface area contributed by atoms with Crippen molar-refractivity contribution in [3.63, 3.8) is 0 Å². The van der Waals surface area contributed by atoms with Crippen molar-refractivity contribution >= 4 is 17.4 Å². The summed E-state index contributed by atoms with van der Waals surface area (Å²) < 4.78 is 77.5. The minimum absolute atomic E-state index is 0.567. The molecule has 122 valence electrons. The van der Waals surface area contributed by atoms with E-state index in [1.54, 1.807) is 5.32 Å². The minimum Gasteiger partial charge on any atom is -0.307 e. The fourth-order valence-corrected chi connectivity index (χ4v) is 1.74. The van der Waals surface area contributed by atoms with Crippen LogP contribution in [0.1, 0.15) is 5.56 Å². The highest BCUT2D eigenvalue weighted by atomic mass is 19.4. The number of urea groups is 1. The van der Waals surface area contributed by atoms with E-state index < -0.39 is 46.6 Å². The van der Waals surface area contributed by atoms with Crippen LogP contribution in [-0.2, 0) is 6.18 Å². The maximum absolute atomic E-state index is 13.4. The summed E-state index contributed by atoms with van der Waals surface area (Å²) in [5.41, 5.74) is -2.40. The molecule has 0 aromatic heterocycles. The summed E-state index contributed by atoms with van der Waals surface area (Å²) in [4.78, 5) is 11.6. The number of amides is 2. The van der Waals surface area contributed by atoms with Crippen molar-refractivity contribution in [1.82, 2.24) is 0 Å². The van der Waals surface area contributed by atoms with Gasteiger partial charge in [-0.2, -0.15) is 13.2 Å². The second kappa shape index (κ2) is 6.19. The highest BCUT2D eigenvalue weighted by molar-refractivity contribution is 6.00. The Morgan fingerprint density at radius 2 is 1.43 bits per heavy atom. The Kier molecular flexibility index (Phi) is 4.48. The van der Waals surface area contributed by atoms with Crippen LogP contribution in [0, 0.1) is 17.5 Å². The average molecular weight is 334 g/mol. The van der Waals surface area contributed by atoms with Crippen LogP contribution in [0.15, 0.2) is 36.4 Å². The van der Waals surface area contributed by atoms with Crippen LogP contribution in [0.2, 0.25) is 0 Å². The van der Waals surface area contributed by atoms with Crippen molar-refractivity contribution in [2.24, 2.45) is 0 Å². The number of nitrogens with one attached hydrogen (secondary N) is 2. The van der Waals surface area contributed by atoms with Gasteiger partial charge in [-0.25, -0.2) is 18.0 Å². The Labute approximate surface area is 125 Å². The summed E-state index contributed by atoms with van der Waals surface area (Å²) in [6.07, 6.45) is -4.71. The summed E-state index contributed by atoms with van der Waals surface area (Å²) in [6.45, 7) is 0. The number of para-hydroxylation sites is 1. The molecule has 0 unspecified atom stereocenters. The van der Waals surface area contributed by atoms with E-state index in [1.807, 2.05) is 5.32 Å². The van der Waals surface area contributed by atoms with Crippen molar-refractivity contribution < 1.29 is 31.1 Å². The molecule has 0 heterocycles. The summed E-state index contributed by atoms with van der Waals surface area (Å²) in [6, 6.07) is 4.18. The molecule has 0 aliphatic rings. The van der Waals surface area contributed by atoms with Gasteiger partial charge in [0.2, 0.25) is 0 Å². The van der Waals surface area contributed by atoms with E-state index in [2.05, 4.69) is 0 Å². The number of hydrogen-bond donors (Lipinski definition) is 2. The van der Waals surface area contributed by atoms with E-state index in [9.17, 15) is 31.1 Å². The van der Waals surface area contributed by atoms with E-state index in [-0.39, 0.29) is 0 Å². The first-order valence-corrected chi connectivity index (χ1v) is 6.08. The molecule has 0 fully saturated rings. The topological polar surface area (TPSA) is 41.1 Å². The van der Waals surface area contributed by atoms with Crippen molar-refractivity contribution in [1.29, 1.82) is 0 Å². The van der Waals surface area contributed by atoms with Gasteiger partial charge in [0.25, 0.3) is 0 Å². The molecule has 3 nitrogen and oxygen atoms in total. The van der Waals surface area contributed by atoms with Crippen LogP contribution in [0.3, 0.4) is 0 Å². The number of hydrogen-bond acceptors (Lipinski definition) is 1. The lowest BCUT2D eigenvalue weighted by atomic mass is 10.1. The molecule has 2 aromatic carbocycles. The van der Waals surface area contributed by atoms with E-state index in [1.165, 1.54) is 6.07 Å². The monoisotopic (exact) mass is 334 g/mol. The highest BCUT2D eigenvalue weighted by Crippen LogP contribution is 2.34. The smallest absolute Gasteiger partial charge is 0.307 e. The van der Waals surface area contributed by atoms with Crippen LogP contribution in [0.4, 0.5) is 42.5 Å². The Balaban J connectivity index is 2.20. The molecule has 9 heteroatoms. The zero-order valence-electron chi connectivity index (χ0n) is 11.1. The molecule has 0 radical (unpaired) electrons. The molecule has 0 aliphatic heterocycles. The second-order valence-corrected chi connectivity index (χ2v) is 4.35. The Morgan fingerprint density at radius 3 is 2.09 bits per heavy atom. The second-order valence-electron chi connectivity index (χ2n) is 4.35. The molecule has 0 bridgehead atoms. The fraction of sp³-hybridized carbons (Fsp3) is 0.0714. The van der Waals surface area contributed by atoms with Gasteiger partial charge in [-0.3, -0.25) is 0 Å².